The van der Waals surface area contributed by atoms with Crippen molar-refractivity contribution in [3.8, 4) is 11.5 Å². The second-order valence-corrected chi connectivity index (χ2v) is 8.25. The molecule has 4 rings (SSSR count). The first-order valence-corrected chi connectivity index (χ1v) is 11.1. The van der Waals surface area contributed by atoms with Gasteiger partial charge < -0.3 is 14.2 Å². The van der Waals surface area contributed by atoms with Gasteiger partial charge in [-0.1, -0.05) is 12.1 Å². The number of thiophene rings is 1. The molecule has 0 spiro atoms. The van der Waals surface area contributed by atoms with Crippen molar-refractivity contribution in [2.45, 2.75) is 12.5 Å². The standard InChI is InChI=1S/C24H20F2N2O5S/c1-31-20-8-6-14(11-21(20)32-2)19-12-18(22-4-3-9-34-22)27-28(19)23(29)13-33-24(30)15-5-7-16(25)17(26)10-15/h3-11,19H,12-13H2,1-2H3. The van der Waals surface area contributed by atoms with Crippen molar-refractivity contribution in [1.29, 1.82) is 0 Å². The van der Waals surface area contributed by atoms with Crippen LogP contribution in [0.25, 0.3) is 0 Å². The maximum atomic E-state index is 13.4. The average molecular weight is 486 g/mol. The van der Waals surface area contributed by atoms with E-state index in [1.54, 1.807) is 12.1 Å². The van der Waals surface area contributed by atoms with Gasteiger partial charge in [0, 0.05) is 6.42 Å². The van der Waals surface area contributed by atoms with Crippen molar-refractivity contribution in [2.75, 3.05) is 20.8 Å². The quantitative estimate of drug-likeness (QED) is 0.457. The van der Waals surface area contributed by atoms with Crippen molar-refractivity contribution in [2.24, 2.45) is 5.10 Å². The van der Waals surface area contributed by atoms with Gasteiger partial charge in [-0.25, -0.2) is 18.6 Å². The number of rotatable bonds is 7. The molecule has 10 heteroatoms. The van der Waals surface area contributed by atoms with Crippen LogP contribution >= 0.6 is 11.3 Å². The van der Waals surface area contributed by atoms with Gasteiger partial charge in [-0.2, -0.15) is 5.10 Å². The van der Waals surface area contributed by atoms with Gasteiger partial charge in [-0.3, -0.25) is 4.79 Å². The average Bonchev–Trinajstić information content (AvgIpc) is 3.54. The number of methoxy groups -OCH3 is 2. The van der Waals surface area contributed by atoms with Gasteiger partial charge in [0.05, 0.1) is 36.4 Å². The number of hydrogen-bond donors (Lipinski definition) is 0. The molecule has 1 aliphatic rings. The highest BCUT2D eigenvalue weighted by molar-refractivity contribution is 7.12. The van der Waals surface area contributed by atoms with Crippen molar-refractivity contribution in [3.05, 3.63) is 81.5 Å². The summed E-state index contributed by atoms with van der Waals surface area (Å²) in [7, 11) is 3.05. The molecule has 1 amide bonds. The van der Waals surface area contributed by atoms with Crippen LogP contribution in [-0.4, -0.2) is 43.4 Å². The van der Waals surface area contributed by atoms with Gasteiger partial charge in [0.15, 0.2) is 29.7 Å². The Labute approximate surface area is 198 Å². The smallest absolute Gasteiger partial charge is 0.338 e. The number of halogens is 2. The number of benzene rings is 2. The normalized spacial score (nSPS) is 15.1. The predicted molar refractivity (Wildman–Crippen MR) is 121 cm³/mol. The Morgan fingerprint density at radius 1 is 1.06 bits per heavy atom. The van der Waals surface area contributed by atoms with Crippen molar-refractivity contribution in [3.63, 3.8) is 0 Å². The van der Waals surface area contributed by atoms with Crippen molar-refractivity contribution in [1.82, 2.24) is 5.01 Å². The zero-order valence-corrected chi connectivity index (χ0v) is 19.1. The molecule has 0 aliphatic carbocycles. The third kappa shape index (κ3) is 4.76. The Morgan fingerprint density at radius 3 is 2.53 bits per heavy atom. The van der Waals surface area contributed by atoms with Crippen LogP contribution in [0.2, 0.25) is 0 Å². The van der Waals surface area contributed by atoms with E-state index in [0.29, 0.717) is 17.9 Å². The van der Waals surface area contributed by atoms with Gasteiger partial charge in [0.1, 0.15) is 0 Å². The molecule has 0 fully saturated rings. The van der Waals surface area contributed by atoms with Crippen LogP contribution in [0.1, 0.15) is 33.3 Å². The van der Waals surface area contributed by atoms with Crippen LogP contribution in [0, 0.1) is 11.6 Å². The van der Waals surface area contributed by atoms with E-state index in [4.69, 9.17) is 14.2 Å². The minimum atomic E-state index is -1.18. The molecule has 1 aromatic heterocycles. The molecule has 176 valence electrons. The van der Waals surface area contributed by atoms with Crippen LogP contribution in [-0.2, 0) is 9.53 Å². The molecule has 1 atom stereocenters. The molecule has 1 aliphatic heterocycles. The van der Waals surface area contributed by atoms with Gasteiger partial charge in [0.25, 0.3) is 5.91 Å². The van der Waals surface area contributed by atoms with Crippen LogP contribution in [0.5, 0.6) is 11.5 Å². The first kappa shape index (κ1) is 23.4. The van der Waals surface area contributed by atoms with Gasteiger partial charge >= 0.3 is 5.97 Å². The molecule has 0 radical (unpaired) electrons. The summed E-state index contributed by atoms with van der Waals surface area (Å²) in [6, 6.07) is 11.3. The van der Waals surface area contributed by atoms with E-state index in [1.807, 2.05) is 23.6 Å². The summed E-state index contributed by atoms with van der Waals surface area (Å²) in [4.78, 5) is 26.2. The van der Waals surface area contributed by atoms with E-state index >= 15 is 0 Å². The first-order chi connectivity index (χ1) is 16.4. The van der Waals surface area contributed by atoms with Crippen LogP contribution < -0.4 is 9.47 Å². The molecule has 2 aromatic carbocycles. The lowest BCUT2D eigenvalue weighted by Gasteiger charge is -2.22. The Hall–Kier alpha value is -3.79. The number of carbonyl (C=O) groups is 2. The molecule has 1 unspecified atom stereocenters. The fraction of sp³-hybridized carbons (Fsp3) is 0.208. The number of amides is 1. The minimum absolute atomic E-state index is 0.202. The van der Waals surface area contributed by atoms with Gasteiger partial charge in [-0.05, 0) is 47.3 Å². The van der Waals surface area contributed by atoms with Crippen molar-refractivity contribution >= 4 is 28.9 Å². The largest absolute Gasteiger partial charge is 0.493 e. The molecular weight excluding hydrogens is 466 g/mol. The molecular formula is C24H20F2N2O5S. The number of nitrogens with zero attached hydrogens (tertiary/aromatic N) is 2. The number of hydrazone groups is 1. The highest BCUT2D eigenvalue weighted by Gasteiger charge is 2.34. The van der Waals surface area contributed by atoms with Crippen LogP contribution in [0.3, 0.4) is 0 Å². The Bertz CT molecular complexity index is 1250. The van der Waals surface area contributed by atoms with E-state index < -0.39 is 36.2 Å². The SMILES string of the molecule is COc1ccc(C2CC(c3cccs3)=NN2C(=O)COC(=O)c2ccc(F)c(F)c2)cc1OC. The van der Waals surface area contributed by atoms with E-state index in [-0.39, 0.29) is 5.56 Å². The summed E-state index contributed by atoms with van der Waals surface area (Å²) in [5.74, 6) is -2.74. The molecule has 0 saturated heterocycles. The summed E-state index contributed by atoms with van der Waals surface area (Å²) in [5, 5.41) is 7.69. The predicted octanol–water partition coefficient (Wildman–Crippen LogP) is 4.58. The molecule has 0 saturated carbocycles. The second kappa shape index (κ2) is 10.0. The lowest BCUT2D eigenvalue weighted by molar-refractivity contribution is -0.136. The summed E-state index contributed by atoms with van der Waals surface area (Å²) in [5.41, 5.74) is 1.27. The minimum Gasteiger partial charge on any atom is -0.493 e. The number of ether oxygens (including phenoxy) is 3. The van der Waals surface area contributed by atoms with Crippen LogP contribution in [0.4, 0.5) is 8.78 Å². The first-order valence-electron chi connectivity index (χ1n) is 10.2. The highest BCUT2D eigenvalue weighted by atomic mass is 32.1. The van der Waals surface area contributed by atoms with E-state index in [2.05, 4.69) is 5.10 Å². The Balaban J connectivity index is 1.56. The van der Waals surface area contributed by atoms with Crippen LogP contribution in [0.15, 0.2) is 59.0 Å². The maximum absolute atomic E-state index is 13.4. The Morgan fingerprint density at radius 2 is 1.85 bits per heavy atom. The Kier molecular flexibility index (Phi) is 6.87. The monoisotopic (exact) mass is 486 g/mol. The third-order valence-electron chi connectivity index (χ3n) is 5.25. The number of carbonyl (C=O) groups excluding carboxylic acids is 2. The molecule has 2 heterocycles. The van der Waals surface area contributed by atoms with E-state index in [1.165, 1.54) is 30.6 Å². The zero-order valence-electron chi connectivity index (χ0n) is 18.3. The summed E-state index contributed by atoms with van der Waals surface area (Å²) < 4.78 is 42.3. The fourth-order valence-corrected chi connectivity index (χ4v) is 4.27. The number of hydrogen-bond acceptors (Lipinski definition) is 7. The molecule has 0 bridgehead atoms. The second-order valence-electron chi connectivity index (χ2n) is 7.30. The van der Waals surface area contributed by atoms with Gasteiger partial charge in [0.2, 0.25) is 0 Å². The summed E-state index contributed by atoms with van der Waals surface area (Å²) >= 11 is 1.50. The molecule has 0 N–H and O–H groups in total. The third-order valence-corrected chi connectivity index (χ3v) is 6.16. The van der Waals surface area contributed by atoms with Crippen molar-refractivity contribution < 1.29 is 32.6 Å². The topological polar surface area (TPSA) is 77.4 Å². The fourth-order valence-electron chi connectivity index (χ4n) is 3.55. The molecule has 7 nitrogen and oxygen atoms in total. The zero-order chi connectivity index (χ0) is 24.2. The molecule has 34 heavy (non-hydrogen) atoms. The highest BCUT2D eigenvalue weighted by Crippen LogP contribution is 2.37. The maximum Gasteiger partial charge on any atom is 0.338 e. The summed E-state index contributed by atoms with van der Waals surface area (Å²) in [6.07, 6.45) is 0.443. The summed E-state index contributed by atoms with van der Waals surface area (Å²) in [6.45, 7) is -0.622. The lowest BCUT2D eigenvalue weighted by atomic mass is 10.0. The van der Waals surface area contributed by atoms with Gasteiger partial charge in [-0.15, -0.1) is 11.3 Å². The van der Waals surface area contributed by atoms with E-state index in [0.717, 1.165) is 34.4 Å². The molecule has 3 aromatic rings. The van der Waals surface area contributed by atoms with E-state index in [9.17, 15) is 18.4 Å². The lowest BCUT2D eigenvalue weighted by Crippen LogP contribution is -2.31. The number of esters is 1.